The minimum Gasteiger partial charge on any atom is -0.489 e. The van der Waals surface area contributed by atoms with Gasteiger partial charge in [-0.2, -0.15) is 13.2 Å². The van der Waals surface area contributed by atoms with Crippen LogP contribution in [0.5, 0.6) is 5.75 Å². The molecule has 11 heteroatoms. The summed E-state index contributed by atoms with van der Waals surface area (Å²) in [5.74, 6) is -2.55. The van der Waals surface area contributed by atoms with E-state index in [4.69, 9.17) is 4.74 Å². The van der Waals surface area contributed by atoms with E-state index in [1.54, 1.807) is 30.3 Å². The average molecular weight is 703 g/mol. The second kappa shape index (κ2) is 15.4. The first-order valence-corrected chi connectivity index (χ1v) is 17.0. The molecule has 0 saturated heterocycles. The molecule has 2 N–H and O–H groups in total. The number of benzene rings is 4. The first-order chi connectivity index (χ1) is 24.5. The molecular formula is C40H38F4N2O5. The van der Waals surface area contributed by atoms with Crippen molar-refractivity contribution < 1.29 is 41.8 Å². The molecule has 2 aliphatic rings. The quantitative estimate of drug-likeness (QED) is 0.153. The molecule has 4 aromatic rings. The molecule has 1 aliphatic carbocycles. The van der Waals surface area contributed by atoms with Crippen molar-refractivity contribution in [1.82, 2.24) is 10.2 Å². The van der Waals surface area contributed by atoms with Gasteiger partial charge in [-0.15, -0.1) is 0 Å². The Morgan fingerprint density at radius 3 is 2.29 bits per heavy atom. The zero-order valence-electron chi connectivity index (χ0n) is 27.8. The van der Waals surface area contributed by atoms with Crippen LogP contribution in [0.2, 0.25) is 0 Å². The highest BCUT2D eigenvalue weighted by atomic mass is 19.4. The minimum atomic E-state index is -4.80. The summed E-state index contributed by atoms with van der Waals surface area (Å²) >= 11 is 0. The number of alkyl halides is 3. The van der Waals surface area contributed by atoms with Gasteiger partial charge >= 0.3 is 12.1 Å². The summed E-state index contributed by atoms with van der Waals surface area (Å²) in [4.78, 5) is 41.7. The first-order valence-electron chi connectivity index (χ1n) is 17.0. The largest absolute Gasteiger partial charge is 0.489 e. The number of aliphatic carboxylic acids is 1. The van der Waals surface area contributed by atoms with Crippen LogP contribution in [0.1, 0.15) is 78.4 Å². The molecule has 2 amide bonds. The number of hydrogen-bond acceptors (Lipinski definition) is 4. The molecule has 51 heavy (non-hydrogen) atoms. The van der Waals surface area contributed by atoms with Gasteiger partial charge in [-0.1, -0.05) is 79.6 Å². The van der Waals surface area contributed by atoms with Crippen LogP contribution in [0.4, 0.5) is 17.6 Å². The van der Waals surface area contributed by atoms with Crippen LogP contribution in [-0.2, 0) is 33.6 Å². The minimum absolute atomic E-state index is 0.160. The van der Waals surface area contributed by atoms with Crippen LogP contribution in [0.15, 0.2) is 91.0 Å². The molecule has 0 spiro atoms. The Morgan fingerprint density at radius 2 is 1.61 bits per heavy atom. The van der Waals surface area contributed by atoms with E-state index >= 15 is 0 Å². The van der Waals surface area contributed by atoms with Crippen LogP contribution in [-0.4, -0.2) is 34.3 Å². The van der Waals surface area contributed by atoms with E-state index in [1.807, 2.05) is 42.5 Å². The Bertz CT molecular complexity index is 1870. The van der Waals surface area contributed by atoms with Crippen molar-refractivity contribution in [3.63, 3.8) is 0 Å². The zero-order chi connectivity index (χ0) is 36.1. The van der Waals surface area contributed by atoms with Crippen molar-refractivity contribution in [2.45, 2.75) is 69.8 Å². The predicted octanol–water partition coefficient (Wildman–Crippen LogP) is 8.43. The molecule has 1 aliphatic heterocycles. The van der Waals surface area contributed by atoms with E-state index in [9.17, 15) is 37.1 Å². The van der Waals surface area contributed by atoms with Crippen molar-refractivity contribution in [2.75, 3.05) is 6.54 Å². The van der Waals surface area contributed by atoms with Crippen molar-refractivity contribution in [1.29, 1.82) is 0 Å². The summed E-state index contributed by atoms with van der Waals surface area (Å²) in [6, 6.07) is 22.1. The normalized spacial score (nSPS) is 16.7. The number of nitrogens with one attached hydrogen (secondary N) is 1. The van der Waals surface area contributed by atoms with Gasteiger partial charge in [0.15, 0.2) is 0 Å². The fraction of sp³-hybridized carbons (Fsp3) is 0.325. The van der Waals surface area contributed by atoms with Crippen LogP contribution in [0, 0.1) is 11.7 Å². The first kappa shape index (κ1) is 35.6. The highest BCUT2D eigenvalue weighted by molar-refractivity contribution is 5.90. The summed E-state index contributed by atoms with van der Waals surface area (Å²) in [6.45, 7) is -0.258. The lowest BCUT2D eigenvalue weighted by molar-refractivity contribution is -0.143. The Labute approximate surface area is 293 Å². The lowest BCUT2D eigenvalue weighted by atomic mass is 9.90. The van der Waals surface area contributed by atoms with Gasteiger partial charge < -0.3 is 20.1 Å². The Kier molecular flexibility index (Phi) is 10.7. The van der Waals surface area contributed by atoms with Crippen LogP contribution >= 0.6 is 0 Å². The topological polar surface area (TPSA) is 95.9 Å². The fourth-order valence-electron chi connectivity index (χ4n) is 7.13. The number of rotatable bonds is 11. The second-order valence-electron chi connectivity index (χ2n) is 13.2. The number of fused-ring (bicyclic) bond motifs is 1. The van der Waals surface area contributed by atoms with E-state index in [0.29, 0.717) is 23.6 Å². The number of ether oxygens (including phenoxy) is 1. The van der Waals surface area contributed by atoms with Gasteiger partial charge in [-0.25, -0.2) is 4.39 Å². The standard InChI is InChI=1S/C40H38F4N2O5/c41-31-16-14-30(34(21-31)40(42,43)44)24-51-32-17-15-28-18-19-46(36(47)20-25-6-4-5-7-25)38(33(28)22-32)39(50)45-35(23-37(48)49)29-12-10-27(11-13-29)26-8-2-1-3-9-26/h1-3,8-17,21-22,25,35,38H,4-7,18-20,23-24H2,(H,45,50)(H,48,49). The van der Waals surface area contributed by atoms with Gasteiger partial charge in [-0.05, 0) is 77.3 Å². The highest BCUT2D eigenvalue weighted by Gasteiger charge is 2.39. The molecule has 0 aromatic heterocycles. The number of carboxylic acids is 1. The van der Waals surface area contributed by atoms with E-state index < -0.39 is 54.5 Å². The third-order valence-electron chi connectivity index (χ3n) is 9.74. The summed E-state index contributed by atoms with van der Waals surface area (Å²) in [7, 11) is 0. The molecule has 7 nitrogen and oxygen atoms in total. The molecule has 2 unspecified atom stereocenters. The van der Waals surface area contributed by atoms with E-state index in [-0.39, 0.29) is 36.1 Å². The van der Waals surface area contributed by atoms with Gasteiger partial charge in [0.1, 0.15) is 24.2 Å². The predicted molar refractivity (Wildman–Crippen MR) is 182 cm³/mol. The number of carboxylic acid groups (broad SMARTS) is 1. The maximum absolute atomic E-state index is 14.3. The SMILES string of the molecule is O=C(O)CC(NC(=O)C1c2cc(OCc3ccc(F)cc3C(F)(F)F)ccc2CCN1C(=O)CC1CCCC1)c1ccc(-c2ccccc2)cc1. The monoisotopic (exact) mass is 702 g/mol. The average Bonchev–Trinajstić information content (AvgIpc) is 3.63. The van der Waals surface area contributed by atoms with Crippen LogP contribution in [0.25, 0.3) is 11.1 Å². The van der Waals surface area contributed by atoms with Crippen molar-refractivity contribution >= 4 is 17.8 Å². The van der Waals surface area contributed by atoms with Gasteiger partial charge in [0.25, 0.3) is 0 Å². The van der Waals surface area contributed by atoms with Gasteiger partial charge in [-0.3, -0.25) is 14.4 Å². The summed E-state index contributed by atoms with van der Waals surface area (Å²) in [5, 5.41) is 12.7. The Balaban J connectivity index is 1.30. The molecule has 266 valence electrons. The van der Waals surface area contributed by atoms with Gasteiger partial charge in [0, 0.05) is 18.5 Å². The number of nitrogens with zero attached hydrogens (tertiary/aromatic N) is 1. The van der Waals surface area contributed by atoms with Crippen LogP contribution in [0.3, 0.4) is 0 Å². The van der Waals surface area contributed by atoms with Crippen molar-refractivity contribution in [3.8, 4) is 16.9 Å². The number of amides is 2. The highest BCUT2D eigenvalue weighted by Crippen LogP contribution is 2.37. The third kappa shape index (κ3) is 8.58. The number of hydrogen-bond donors (Lipinski definition) is 2. The van der Waals surface area contributed by atoms with E-state index in [0.717, 1.165) is 54.5 Å². The Morgan fingerprint density at radius 1 is 0.902 bits per heavy atom. The maximum atomic E-state index is 14.3. The summed E-state index contributed by atoms with van der Waals surface area (Å²) in [5.41, 5.74) is 2.25. The lowest BCUT2D eigenvalue weighted by Gasteiger charge is -2.38. The molecule has 2 atom stereocenters. The third-order valence-corrected chi connectivity index (χ3v) is 9.74. The molecule has 4 aromatic carbocycles. The molecule has 0 radical (unpaired) electrons. The smallest absolute Gasteiger partial charge is 0.416 e. The maximum Gasteiger partial charge on any atom is 0.416 e. The molecule has 0 bridgehead atoms. The second-order valence-corrected chi connectivity index (χ2v) is 13.2. The van der Waals surface area contributed by atoms with Gasteiger partial charge in [0.05, 0.1) is 18.0 Å². The summed E-state index contributed by atoms with van der Waals surface area (Å²) < 4.78 is 60.4. The zero-order valence-corrected chi connectivity index (χ0v) is 27.8. The van der Waals surface area contributed by atoms with E-state index in [1.165, 1.54) is 4.90 Å². The molecule has 6 rings (SSSR count). The molecule has 1 heterocycles. The molecule has 1 fully saturated rings. The van der Waals surface area contributed by atoms with E-state index in [2.05, 4.69) is 5.32 Å². The number of carbonyl (C=O) groups is 3. The molecule has 1 saturated carbocycles. The van der Waals surface area contributed by atoms with Crippen LogP contribution < -0.4 is 10.1 Å². The number of halogens is 4. The van der Waals surface area contributed by atoms with Crippen molar-refractivity contribution in [3.05, 3.63) is 125 Å². The lowest BCUT2D eigenvalue weighted by Crippen LogP contribution is -2.48. The summed E-state index contributed by atoms with van der Waals surface area (Å²) in [6.07, 6.45) is -0.569. The Hall–Kier alpha value is -5.19. The van der Waals surface area contributed by atoms with Gasteiger partial charge in [0.2, 0.25) is 11.8 Å². The number of carbonyl (C=O) groups excluding carboxylic acids is 2. The molecular weight excluding hydrogens is 664 g/mol. The van der Waals surface area contributed by atoms with Crippen molar-refractivity contribution in [2.24, 2.45) is 5.92 Å². The fourth-order valence-corrected chi connectivity index (χ4v) is 7.13.